The molecular formula is C15H19N3O3S. The topological polar surface area (TPSA) is 129 Å². The fourth-order valence-corrected chi connectivity index (χ4v) is 4.72. The first-order chi connectivity index (χ1) is 10.3. The molecule has 0 saturated heterocycles. The van der Waals surface area contributed by atoms with Crippen molar-refractivity contribution in [1.82, 2.24) is 0 Å². The Bertz CT molecular complexity index is 678. The average molecular weight is 321 g/mol. The van der Waals surface area contributed by atoms with Gasteiger partial charge < -0.3 is 17.2 Å². The Hall–Kier alpha value is -1.89. The van der Waals surface area contributed by atoms with Crippen molar-refractivity contribution >= 4 is 33.9 Å². The zero-order chi connectivity index (χ0) is 16.1. The van der Waals surface area contributed by atoms with Gasteiger partial charge in [-0.25, -0.2) is 0 Å². The van der Waals surface area contributed by atoms with Crippen molar-refractivity contribution in [3.05, 3.63) is 16.0 Å². The molecule has 118 valence electrons. The first-order valence-electron chi connectivity index (χ1n) is 7.38. The van der Waals surface area contributed by atoms with Crippen molar-refractivity contribution in [3.8, 4) is 0 Å². The molecule has 1 fully saturated rings. The molecule has 22 heavy (non-hydrogen) atoms. The van der Waals surface area contributed by atoms with Gasteiger partial charge in [0.2, 0.25) is 5.91 Å². The van der Waals surface area contributed by atoms with Crippen LogP contribution in [0.3, 0.4) is 0 Å². The van der Waals surface area contributed by atoms with Gasteiger partial charge in [0.1, 0.15) is 0 Å². The molecule has 7 heteroatoms. The molecule has 0 radical (unpaired) electrons. The molecule has 3 rings (SSSR count). The molecule has 0 aromatic carbocycles. The number of carbonyl (C=O) groups is 3. The summed E-state index contributed by atoms with van der Waals surface area (Å²) in [5.74, 6) is -0.661. The summed E-state index contributed by atoms with van der Waals surface area (Å²) in [5.41, 5.74) is 16.8. The fraction of sp³-hybridized carbons (Fsp3) is 0.533. The number of carbonyl (C=O) groups excluding carboxylic acids is 3. The highest BCUT2D eigenvalue weighted by Crippen LogP contribution is 2.51. The second kappa shape index (κ2) is 5.08. The Morgan fingerprint density at radius 3 is 2.50 bits per heavy atom. The first-order valence-corrected chi connectivity index (χ1v) is 8.20. The molecule has 0 bridgehead atoms. The number of fused-ring (bicyclic) bond motifs is 1. The van der Waals surface area contributed by atoms with Crippen LogP contribution in [0.2, 0.25) is 0 Å². The Labute approximate surface area is 132 Å². The van der Waals surface area contributed by atoms with Crippen LogP contribution in [0.5, 0.6) is 0 Å². The van der Waals surface area contributed by atoms with Crippen LogP contribution in [0.25, 0.3) is 0 Å². The lowest BCUT2D eigenvalue weighted by Gasteiger charge is -2.35. The van der Waals surface area contributed by atoms with Crippen LogP contribution in [0, 0.1) is 11.3 Å². The summed E-state index contributed by atoms with van der Waals surface area (Å²) in [5, 5.41) is 0.284. The maximum absolute atomic E-state index is 13.0. The minimum atomic E-state index is -0.730. The van der Waals surface area contributed by atoms with Gasteiger partial charge in [-0.05, 0) is 30.7 Å². The van der Waals surface area contributed by atoms with Gasteiger partial charge in [0, 0.05) is 11.8 Å². The highest BCUT2D eigenvalue weighted by molar-refractivity contribution is 7.18. The third-order valence-electron chi connectivity index (χ3n) is 4.71. The van der Waals surface area contributed by atoms with E-state index in [4.69, 9.17) is 17.2 Å². The molecule has 1 aromatic heterocycles. The number of nitrogen functional groups attached to an aromatic ring is 1. The van der Waals surface area contributed by atoms with E-state index in [1.165, 1.54) is 0 Å². The van der Waals surface area contributed by atoms with Crippen molar-refractivity contribution in [2.24, 2.45) is 22.8 Å². The predicted molar refractivity (Wildman–Crippen MR) is 83.5 cm³/mol. The van der Waals surface area contributed by atoms with Gasteiger partial charge in [0.15, 0.2) is 5.78 Å². The lowest BCUT2D eigenvalue weighted by Crippen LogP contribution is -2.39. The minimum absolute atomic E-state index is 0.0610. The molecule has 1 unspecified atom stereocenters. The third-order valence-corrected chi connectivity index (χ3v) is 5.77. The number of anilines is 1. The number of Topliss-reactive ketones (excluding diaryl/α,β-unsaturated/α-hetero) is 1. The van der Waals surface area contributed by atoms with Crippen molar-refractivity contribution < 1.29 is 14.4 Å². The standard InChI is InChI=1S/C15H19N3O3S/c16-9(19)6-15(5-7-1-2-7)4-3-8-10(13(17)21)14(18)22-11(8)12(15)20/h7H,1-6,18H2,(H2,16,19)(H2,17,21). The van der Waals surface area contributed by atoms with Gasteiger partial charge in [0.25, 0.3) is 5.91 Å². The van der Waals surface area contributed by atoms with E-state index in [0.29, 0.717) is 35.6 Å². The number of hydrogen-bond donors (Lipinski definition) is 3. The van der Waals surface area contributed by atoms with E-state index < -0.39 is 17.2 Å². The van der Waals surface area contributed by atoms with Gasteiger partial charge in [-0.1, -0.05) is 12.8 Å². The highest BCUT2D eigenvalue weighted by Gasteiger charge is 2.48. The van der Waals surface area contributed by atoms with E-state index in [2.05, 4.69) is 0 Å². The van der Waals surface area contributed by atoms with Gasteiger partial charge in [-0.3, -0.25) is 14.4 Å². The fourth-order valence-electron chi connectivity index (χ4n) is 3.54. The maximum Gasteiger partial charge on any atom is 0.251 e. The molecule has 6 nitrogen and oxygen atoms in total. The quantitative estimate of drug-likeness (QED) is 0.752. The molecular weight excluding hydrogens is 302 g/mol. The number of thiophene rings is 1. The molecule has 1 heterocycles. The SMILES string of the molecule is NC(=O)CC1(CC2CC2)CCc2c(sc(N)c2C(N)=O)C1=O. The zero-order valence-electron chi connectivity index (χ0n) is 12.2. The number of primary amides is 2. The Morgan fingerprint density at radius 2 is 1.95 bits per heavy atom. The van der Waals surface area contributed by atoms with Crippen molar-refractivity contribution in [3.63, 3.8) is 0 Å². The molecule has 1 aromatic rings. The minimum Gasteiger partial charge on any atom is -0.390 e. The van der Waals surface area contributed by atoms with Crippen LogP contribution < -0.4 is 17.2 Å². The zero-order valence-corrected chi connectivity index (χ0v) is 13.0. The number of nitrogens with two attached hydrogens (primary N) is 3. The highest BCUT2D eigenvalue weighted by atomic mass is 32.1. The summed E-state index contributed by atoms with van der Waals surface area (Å²) >= 11 is 1.11. The average Bonchev–Trinajstić information content (AvgIpc) is 3.14. The summed E-state index contributed by atoms with van der Waals surface area (Å²) in [4.78, 5) is 36.5. The van der Waals surface area contributed by atoms with Crippen molar-refractivity contribution in [1.29, 1.82) is 0 Å². The third kappa shape index (κ3) is 2.39. The van der Waals surface area contributed by atoms with E-state index in [9.17, 15) is 14.4 Å². The molecule has 2 aliphatic rings. The van der Waals surface area contributed by atoms with Crippen molar-refractivity contribution in [2.45, 2.75) is 38.5 Å². The van der Waals surface area contributed by atoms with Gasteiger partial charge in [-0.2, -0.15) is 0 Å². The molecule has 1 atom stereocenters. The number of rotatable bonds is 5. The van der Waals surface area contributed by atoms with E-state index in [1.807, 2.05) is 0 Å². The second-order valence-corrected chi connectivity index (χ2v) is 7.47. The summed E-state index contributed by atoms with van der Waals surface area (Å²) in [6.07, 6.45) is 4.00. The van der Waals surface area contributed by atoms with Crippen LogP contribution in [0.4, 0.5) is 5.00 Å². The normalized spacial score (nSPS) is 24.1. The van der Waals surface area contributed by atoms with Crippen molar-refractivity contribution in [2.75, 3.05) is 5.73 Å². The molecule has 2 amide bonds. The van der Waals surface area contributed by atoms with Gasteiger partial charge in [0.05, 0.1) is 15.4 Å². The molecule has 0 spiro atoms. The van der Waals surface area contributed by atoms with Crippen LogP contribution in [-0.2, 0) is 11.2 Å². The van der Waals surface area contributed by atoms with Gasteiger partial charge in [-0.15, -0.1) is 11.3 Å². The Morgan fingerprint density at radius 1 is 1.27 bits per heavy atom. The monoisotopic (exact) mass is 321 g/mol. The summed E-state index contributed by atoms with van der Waals surface area (Å²) < 4.78 is 0. The Balaban J connectivity index is 2.02. The van der Waals surface area contributed by atoms with E-state index in [0.717, 1.165) is 24.2 Å². The molecule has 6 N–H and O–H groups in total. The lowest BCUT2D eigenvalue weighted by atomic mass is 9.67. The maximum atomic E-state index is 13.0. The molecule has 1 saturated carbocycles. The van der Waals surface area contributed by atoms with Gasteiger partial charge >= 0.3 is 0 Å². The van der Waals surface area contributed by atoms with Crippen LogP contribution >= 0.6 is 11.3 Å². The predicted octanol–water partition coefficient (Wildman–Crippen LogP) is 1.22. The first kappa shape index (κ1) is 15.0. The smallest absolute Gasteiger partial charge is 0.251 e. The largest absolute Gasteiger partial charge is 0.390 e. The molecule has 0 aliphatic heterocycles. The lowest BCUT2D eigenvalue weighted by molar-refractivity contribution is -0.120. The van der Waals surface area contributed by atoms with Crippen LogP contribution in [0.1, 0.15) is 57.7 Å². The number of amides is 2. The number of hydrogen-bond acceptors (Lipinski definition) is 5. The number of ketones is 1. The van der Waals surface area contributed by atoms with Crippen LogP contribution in [0.15, 0.2) is 0 Å². The van der Waals surface area contributed by atoms with E-state index >= 15 is 0 Å². The van der Waals surface area contributed by atoms with E-state index in [1.54, 1.807) is 0 Å². The summed E-state index contributed by atoms with van der Waals surface area (Å²) in [6.45, 7) is 0. The molecule has 2 aliphatic carbocycles. The summed E-state index contributed by atoms with van der Waals surface area (Å²) in [7, 11) is 0. The Kier molecular flexibility index (Phi) is 3.47. The second-order valence-electron chi connectivity index (χ2n) is 6.41. The van der Waals surface area contributed by atoms with E-state index in [-0.39, 0.29) is 22.8 Å². The van der Waals surface area contributed by atoms with Crippen LogP contribution in [-0.4, -0.2) is 17.6 Å². The summed E-state index contributed by atoms with van der Waals surface area (Å²) in [6, 6.07) is 0.